The number of nitrogens with zero attached hydrogens (tertiary/aromatic N) is 2. The summed E-state index contributed by atoms with van der Waals surface area (Å²) < 4.78 is 0. The Kier molecular flexibility index (Phi) is 2.76. The van der Waals surface area contributed by atoms with Gasteiger partial charge >= 0.3 is 0 Å². The second-order valence-electron chi connectivity index (χ2n) is 2.04. The van der Waals surface area contributed by atoms with Crippen LogP contribution in [0.3, 0.4) is 0 Å². The molecule has 1 aromatic rings. The number of nitro benzene ring substituents is 1. The Labute approximate surface area is 77.1 Å². The molecule has 68 valence electrons. The third kappa shape index (κ3) is 2.12. The molecule has 0 bridgehead atoms. The number of hydrogen-bond donors (Lipinski definition) is 0. The summed E-state index contributed by atoms with van der Waals surface area (Å²) in [5.41, 5.74) is -0.178. The van der Waals surface area contributed by atoms with Crippen LogP contribution in [0.15, 0.2) is 23.5 Å². The molecule has 0 amide bonds. The smallest absolute Gasteiger partial charge is 0.271 e. The van der Waals surface area contributed by atoms with Crippen molar-refractivity contribution in [3.8, 4) is 5.75 Å². The highest BCUT2D eigenvalue weighted by Gasteiger charge is 2.10. The molecule has 0 saturated heterocycles. The highest BCUT2D eigenvalue weighted by molar-refractivity contribution is 6.32. The number of hydrogen-bond acceptors (Lipinski definition) is 5. The van der Waals surface area contributed by atoms with Crippen molar-refractivity contribution >= 4 is 17.3 Å². The quantitative estimate of drug-likeness (QED) is 0.428. The maximum atomic E-state index is 10.2. The fraction of sp³-hybridized carbons (Fsp3) is 0. The van der Waals surface area contributed by atoms with Crippen LogP contribution in [0.4, 0.5) is 5.69 Å². The Morgan fingerprint density at radius 2 is 2.23 bits per heavy atom. The minimum Gasteiger partial charge on any atom is -0.322 e. The van der Waals surface area contributed by atoms with E-state index in [1.165, 1.54) is 6.07 Å². The van der Waals surface area contributed by atoms with Gasteiger partial charge in [-0.3, -0.25) is 10.1 Å². The molecule has 0 aliphatic rings. The van der Waals surface area contributed by atoms with Crippen molar-refractivity contribution in [1.29, 1.82) is 0 Å². The number of benzene rings is 1. The second kappa shape index (κ2) is 3.81. The topological polar surface area (TPSA) is 81.8 Å². The van der Waals surface area contributed by atoms with Gasteiger partial charge in [-0.05, 0) is 6.07 Å². The largest absolute Gasteiger partial charge is 0.322 e. The van der Waals surface area contributed by atoms with E-state index in [9.17, 15) is 15.0 Å². The van der Waals surface area contributed by atoms with Gasteiger partial charge in [0.25, 0.3) is 5.69 Å². The first-order valence-electron chi connectivity index (χ1n) is 3.09. The lowest BCUT2D eigenvalue weighted by Gasteiger charge is -1.97. The molecule has 6 nitrogen and oxygen atoms in total. The molecule has 0 radical (unpaired) electrons. The summed E-state index contributed by atoms with van der Waals surface area (Å²) in [4.78, 5) is 23.5. The molecule has 0 atom stereocenters. The zero-order chi connectivity index (χ0) is 9.84. The van der Waals surface area contributed by atoms with E-state index in [1.807, 2.05) is 0 Å². The van der Waals surface area contributed by atoms with Crippen LogP contribution in [0.5, 0.6) is 5.75 Å². The van der Waals surface area contributed by atoms with Gasteiger partial charge in [0.05, 0.1) is 9.95 Å². The lowest BCUT2D eigenvalue weighted by atomic mass is 10.3. The Hall–Kier alpha value is -1.69. The summed E-state index contributed by atoms with van der Waals surface area (Å²) in [7, 11) is 0. The summed E-state index contributed by atoms with van der Waals surface area (Å²) in [5, 5.41) is 12.3. The molecule has 0 N–H and O–H groups in total. The van der Waals surface area contributed by atoms with Crippen LogP contribution in [0.2, 0.25) is 5.02 Å². The molecular weight excluding hydrogens is 200 g/mol. The van der Waals surface area contributed by atoms with E-state index in [1.54, 1.807) is 0 Å². The van der Waals surface area contributed by atoms with Crippen molar-refractivity contribution in [1.82, 2.24) is 0 Å². The van der Waals surface area contributed by atoms with Crippen molar-refractivity contribution in [2.75, 3.05) is 0 Å². The van der Waals surface area contributed by atoms with E-state index in [-0.39, 0.29) is 16.5 Å². The lowest BCUT2D eigenvalue weighted by Crippen LogP contribution is -1.88. The van der Waals surface area contributed by atoms with Crippen molar-refractivity contribution in [2.45, 2.75) is 0 Å². The monoisotopic (exact) mass is 202 g/mol. The fourth-order valence-corrected chi connectivity index (χ4v) is 0.927. The normalized spacial score (nSPS) is 9.31. The molecule has 1 aromatic carbocycles. The minimum absolute atomic E-state index is 0.0118. The second-order valence-corrected chi connectivity index (χ2v) is 2.44. The molecule has 0 aliphatic carbocycles. The van der Waals surface area contributed by atoms with Gasteiger partial charge in [0.15, 0.2) is 11.1 Å². The molecule has 0 spiro atoms. The molecule has 1 rings (SSSR count). The van der Waals surface area contributed by atoms with Gasteiger partial charge < -0.3 is 4.84 Å². The molecule has 0 aromatic heterocycles. The number of halogens is 1. The molecule has 0 aliphatic heterocycles. The van der Waals surface area contributed by atoms with Crippen molar-refractivity contribution < 1.29 is 9.76 Å². The van der Waals surface area contributed by atoms with E-state index in [0.29, 0.717) is 0 Å². The molecule has 0 saturated carbocycles. The van der Waals surface area contributed by atoms with Crippen LogP contribution in [-0.4, -0.2) is 4.92 Å². The van der Waals surface area contributed by atoms with Gasteiger partial charge in [0.1, 0.15) is 0 Å². The molecule has 0 heterocycles. The number of non-ortho nitro benzene ring substituents is 1. The zero-order valence-electron chi connectivity index (χ0n) is 6.14. The van der Waals surface area contributed by atoms with Crippen molar-refractivity contribution in [3.05, 3.63) is 38.2 Å². The minimum atomic E-state index is -0.607. The first-order chi connectivity index (χ1) is 6.15. The third-order valence-electron chi connectivity index (χ3n) is 1.26. The Morgan fingerprint density at radius 1 is 1.54 bits per heavy atom. The number of nitro groups is 1. The Morgan fingerprint density at radius 3 is 2.69 bits per heavy atom. The van der Waals surface area contributed by atoms with Crippen molar-refractivity contribution in [2.24, 2.45) is 5.34 Å². The summed E-state index contributed by atoms with van der Waals surface area (Å²) in [6, 6.07) is 3.43. The standard InChI is InChI=1S/C6H3ClN2O4/c7-5-3-4(9(11)12)1-2-6(5)13-8-10/h1-3H. The third-order valence-corrected chi connectivity index (χ3v) is 1.56. The zero-order valence-corrected chi connectivity index (χ0v) is 6.89. The van der Waals surface area contributed by atoms with Crippen LogP contribution in [0, 0.1) is 15.0 Å². The Bertz CT molecular complexity index is 354. The van der Waals surface area contributed by atoms with E-state index < -0.39 is 4.92 Å². The summed E-state index contributed by atoms with van der Waals surface area (Å²) in [6.07, 6.45) is 0. The van der Waals surface area contributed by atoms with Crippen molar-refractivity contribution in [3.63, 3.8) is 0 Å². The first kappa shape index (κ1) is 9.40. The van der Waals surface area contributed by atoms with Gasteiger partial charge in [-0.1, -0.05) is 11.6 Å². The molecule has 0 fully saturated rings. The average Bonchev–Trinajstić information content (AvgIpc) is 2.08. The van der Waals surface area contributed by atoms with Gasteiger partial charge in [-0.25, -0.2) is 0 Å². The van der Waals surface area contributed by atoms with Crippen LogP contribution in [-0.2, 0) is 0 Å². The maximum absolute atomic E-state index is 10.2. The summed E-state index contributed by atoms with van der Waals surface area (Å²) in [5.74, 6) is -0.0118. The van der Waals surface area contributed by atoms with E-state index in [4.69, 9.17) is 11.6 Å². The van der Waals surface area contributed by atoms with E-state index in [0.717, 1.165) is 12.1 Å². The average molecular weight is 203 g/mol. The first-order valence-corrected chi connectivity index (χ1v) is 3.46. The van der Waals surface area contributed by atoms with Crippen LogP contribution in [0.25, 0.3) is 0 Å². The maximum Gasteiger partial charge on any atom is 0.271 e. The summed E-state index contributed by atoms with van der Waals surface area (Å²) in [6.45, 7) is 0. The van der Waals surface area contributed by atoms with E-state index in [2.05, 4.69) is 10.2 Å². The van der Waals surface area contributed by atoms with Gasteiger partial charge in [-0.15, -0.1) is 4.91 Å². The predicted octanol–water partition coefficient (Wildman–Crippen LogP) is 2.31. The van der Waals surface area contributed by atoms with E-state index >= 15 is 0 Å². The van der Waals surface area contributed by atoms with Gasteiger partial charge in [0.2, 0.25) is 0 Å². The van der Waals surface area contributed by atoms with Crippen LogP contribution < -0.4 is 4.84 Å². The van der Waals surface area contributed by atoms with Gasteiger partial charge in [-0.2, -0.15) is 0 Å². The number of rotatable bonds is 3. The Balaban J connectivity index is 3.04. The molecule has 7 heteroatoms. The summed E-state index contributed by atoms with van der Waals surface area (Å²) >= 11 is 5.52. The van der Waals surface area contributed by atoms with Crippen LogP contribution >= 0.6 is 11.6 Å². The predicted molar refractivity (Wildman–Crippen MR) is 44.5 cm³/mol. The highest BCUT2D eigenvalue weighted by Crippen LogP contribution is 2.28. The highest BCUT2D eigenvalue weighted by atomic mass is 35.5. The molecule has 13 heavy (non-hydrogen) atoms. The lowest BCUT2D eigenvalue weighted by molar-refractivity contribution is -0.384. The SMILES string of the molecule is O=NOc1ccc([N+](=O)[O-])cc1Cl. The van der Waals surface area contributed by atoms with Crippen LogP contribution in [0.1, 0.15) is 0 Å². The molecule has 0 unspecified atom stereocenters. The fourth-order valence-electron chi connectivity index (χ4n) is 0.718. The molecular formula is C6H3ClN2O4. The van der Waals surface area contributed by atoms with Gasteiger partial charge in [0, 0.05) is 12.1 Å².